The molecule has 6 heteroatoms. The Balaban J connectivity index is 2.18. The van der Waals surface area contributed by atoms with Crippen molar-refractivity contribution in [2.75, 3.05) is 18.6 Å². The fourth-order valence-corrected chi connectivity index (χ4v) is 1.86. The van der Waals surface area contributed by atoms with Crippen LogP contribution in [-0.4, -0.2) is 29.3 Å². The van der Waals surface area contributed by atoms with Crippen LogP contribution < -0.4 is 16.0 Å². The van der Waals surface area contributed by atoms with E-state index in [4.69, 9.17) is 15.3 Å². The number of ether oxygens (including phenoxy) is 2. The highest BCUT2D eigenvalue weighted by atomic mass is 16.5. The van der Waals surface area contributed by atoms with Crippen molar-refractivity contribution >= 4 is 5.82 Å². The van der Waals surface area contributed by atoms with Crippen LogP contribution in [-0.2, 0) is 11.2 Å². The molecular weight excluding hydrogens is 220 g/mol. The minimum absolute atomic E-state index is 0.0890. The third kappa shape index (κ3) is 2.83. The summed E-state index contributed by atoms with van der Waals surface area (Å²) >= 11 is 0. The number of nitrogens with two attached hydrogens (primary N) is 1. The second-order valence-electron chi connectivity index (χ2n) is 4.00. The van der Waals surface area contributed by atoms with Gasteiger partial charge >= 0.3 is 0 Å². The van der Waals surface area contributed by atoms with Gasteiger partial charge in [-0.1, -0.05) is 13.3 Å². The van der Waals surface area contributed by atoms with E-state index in [0.717, 1.165) is 31.4 Å². The molecule has 0 spiro atoms. The molecule has 1 fully saturated rings. The van der Waals surface area contributed by atoms with Gasteiger partial charge in [0.2, 0.25) is 5.88 Å². The Morgan fingerprint density at radius 3 is 3.12 bits per heavy atom. The van der Waals surface area contributed by atoms with Gasteiger partial charge in [-0.3, -0.25) is 0 Å². The van der Waals surface area contributed by atoms with Gasteiger partial charge in [-0.25, -0.2) is 15.8 Å². The molecule has 6 nitrogen and oxygen atoms in total. The van der Waals surface area contributed by atoms with Crippen molar-refractivity contribution in [3.8, 4) is 5.88 Å². The average molecular weight is 238 g/mol. The molecule has 17 heavy (non-hydrogen) atoms. The number of rotatable bonds is 5. The second kappa shape index (κ2) is 5.79. The summed E-state index contributed by atoms with van der Waals surface area (Å²) in [5.41, 5.74) is 3.52. The first-order valence-electron chi connectivity index (χ1n) is 5.90. The quantitative estimate of drug-likeness (QED) is 0.585. The molecule has 0 aliphatic carbocycles. The number of hydrogen-bond acceptors (Lipinski definition) is 6. The maximum Gasteiger partial charge on any atom is 0.222 e. The van der Waals surface area contributed by atoms with Gasteiger partial charge in [0.25, 0.3) is 0 Å². The second-order valence-corrected chi connectivity index (χ2v) is 4.00. The molecule has 94 valence electrons. The number of nitrogens with zero attached hydrogens (tertiary/aromatic N) is 2. The lowest BCUT2D eigenvalue weighted by atomic mass is 10.1. The van der Waals surface area contributed by atoms with E-state index in [2.05, 4.69) is 22.3 Å². The minimum Gasteiger partial charge on any atom is -0.471 e. The largest absolute Gasteiger partial charge is 0.471 e. The van der Waals surface area contributed by atoms with Gasteiger partial charge in [-0.05, 0) is 6.42 Å². The van der Waals surface area contributed by atoms with Crippen LogP contribution in [0, 0.1) is 0 Å². The van der Waals surface area contributed by atoms with Crippen LogP contribution in [0.25, 0.3) is 0 Å². The van der Waals surface area contributed by atoms with Crippen LogP contribution in [0.3, 0.4) is 0 Å². The van der Waals surface area contributed by atoms with Crippen molar-refractivity contribution in [2.24, 2.45) is 5.84 Å². The maximum absolute atomic E-state index is 5.83. The number of hydrazine groups is 1. The predicted molar refractivity (Wildman–Crippen MR) is 63.7 cm³/mol. The van der Waals surface area contributed by atoms with Crippen molar-refractivity contribution in [3.63, 3.8) is 0 Å². The minimum atomic E-state index is 0.0890. The van der Waals surface area contributed by atoms with Crippen LogP contribution in [0.15, 0.2) is 6.33 Å². The Hall–Kier alpha value is -1.40. The van der Waals surface area contributed by atoms with Crippen molar-refractivity contribution in [1.29, 1.82) is 0 Å². The Kier molecular flexibility index (Phi) is 4.11. The highest BCUT2D eigenvalue weighted by molar-refractivity contribution is 5.47. The van der Waals surface area contributed by atoms with Crippen molar-refractivity contribution in [3.05, 3.63) is 11.9 Å². The topological polar surface area (TPSA) is 82.3 Å². The molecule has 0 aromatic carbocycles. The lowest BCUT2D eigenvalue weighted by Gasteiger charge is -2.15. The fourth-order valence-electron chi connectivity index (χ4n) is 1.86. The third-order valence-electron chi connectivity index (χ3n) is 2.71. The van der Waals surface area contributed by atoms with E-state index < -0.39 is 0 Å². The maximum atomic E-state index is 5.83. The summed E-state index contributed by atoms with van der Waals surface area (Å²) in [7, 11) is 0. The van der Waals surface area contributed by atoms with E-state index in [1.165, 1.54) is 6.33 Å². The van der Waals surface area contributed by atoms with Crippen LogP contribution >= 0.6 is 0 Å². The zero-order chi connectivity index (χ0) is 12.1. The average Bonchev–Trinajstić information content (AvgIpc) is 2.84. The van der Waals surface area contributed by atoms with Crippen molar-refractivity contribution < 1.29 is 9.47 Å². The smallest absolute Gasteiger partial charge is 0.222 e. The number of hydrogen-bond donors (Lipinski definition) is 2. The molecule has 0 bridgehead atoms. The van der Waals surface area contributed by atoms with E-state index in [0.29, 0.717) is 18.3 Å². The summed E-state index contributed by atoms with van der Waals surface area (Å²) in [5.74, 6) is 6.69. The molecule has 2 heterocycles. The first kappa shape index (κ1) is 12.1. The van der Waals surface area contributed by atoms with Crippen molar-refractivity contribution in [1.82, 2.24) is 9.97 Å². The summed E-state index contributed by atoms with van der Waals surface area (Å²) in [5, 5.41) is 0. The molecule has 0 radical (unpaired) electrons. The number of aromatic nitrogens is 2. The number of nitrogen functional groups attached to an aromatic ring is 1. The lowest BCUT2D eigenvalue weighted by molar-refractivity contribution is 0.137. The zero-order valence-corrected chi connectivity index (χ0v) is 9.98. The third-order valence-corrected chi connectivity index (χ3v) is 2.71. The normalized spacial score (nSPS) is 19.3. The molecule has 1 aromatic heterocycles. The van der Waals surface area contributed by atoms with E-state index in [1.807, 2.05) is 0 Å². The summed E-state index contributed by atoms with van der Waals surface area (Å²) in [6.45, 7) is 3.47. The Bertz CT molecular complexity index is 366. The molecule has 0 amide bonds. The fraction of sp³-hybridized carbons (Fsp3) is 0.636. The summed E-state index contributed by atoms with van der Waals surface area (Å²) in [6, 6.07) is 0. The van der Waals surface area contributed by atoms with Crippen LogP contribution in [0.5, 0.6) is 5.88 Å². The molecule has 2 rings (SSSR count). The standard InChI is InChI=1S/C11H18N4O2/c1-2-3-9-10(15-12)13-7-14-11(9)17-8-4-5-16-6-8/h7-8H,2-6,12H2,1H3,(H,13,14,15). The van der Waals surface area contributed by atoms with Gasteiger partial charge in [0.1, 0.15) is 18.2 Å². The molecule has 3 N–H and O–H groups in total. The van der Waals surface area contributed by atoms with E-state index in [1.54, 1.807) is 0 Å². The van der Waals surface area contributed by atoms with Crippen LogP contribution in [0.2, 0.25) is 0 Å². The van der Waals surface area contributed by atoms with Crippen LogP contribution in [0.4, 0.5) is 5.82 Å². The molecular formula is C11H18N4O2. The first-order valence-corrected chi connectivity index (χ1v) is 5.90. The van der Waals surface area contributed by atoms with Crippen molar-refractivity contribution in [2.45, 2.75) is 32.3 Å². The molecule has 1 aliphatic heterocycles. The Labute approximate surface area is 101 Å². The molecule has 1 aliphatic rings. The molecule has 1 saturated heterocycles. The highest BCUT2D eigenvalue weighted by Crippen LogP contribution is 2.25. The van der Waals surface area contributed by atoms with Gasteiger partial charge in [0.15, 0.2) is 0 Å². The van der Waals surface area contributed by atoms with Gasteiger partial charge < -0.3 is 14.9 Å². The number of nitrogens with one attached hydrogen (secondary N) is 1. The molecule has 1 unspecified atom stereocenters. The molecule has 1 aromatic rings. The highest BCUT2D eigenvalue weighted by Gasteiger charge is 2.20. The van der Waals surface area contributed by atoms with E-state index in [-0.39, 0.29) is 6.10 Å². The van der Waals surface area contributed by atoms with Gasteiger partial charge in [0.05, 0.1) is 18.8 Å². The van der Waals surface area contributed by atoms with Crippen LogP contribution in [0.1, 0.15) is 25.3 Å². The van der Waals surface area contributed by atoms with E-state index in [9.17, 15) is 0 Å². The molecule has 0 saturated carbocycles. The first-order chi connectivity index (χ1) is 8.35. The summed E-state index contributed by atoms with van der Waals surface area (Å²) < 4.78 is 11.1. The van der Waals surface area contributed by atoms with E-state index >= 15 is 0 Å². The Morgan fingerprint density at radius 2 is 2.47 bits per heavy atom. The molecule has 1 atom stereocenters. The Morgan fingerprint density at radius 1 is 1.59 bits per heavy atom. The monoisotopic (exact) mass is 238 g/mol. The summed E-state index contributed by atoms with van der Waals surface area (Å²) in [6.07, 6.45) is 4.27. The SMILES string of the molecule is CCCc1c(NN)ncnc1OC1CCOC1. The summed E-state index contributed by atoms with van der Waals surface area (Å²) in [4.78, 5) is 8.28. The van der Waals surface area contributed by atoms with Gasteiger partial charge in [0, 0.05) is 6.42 Å². The van der Waals surface area contributed by atoms with Gasteiger partial charge in [-0.15, -0.1) is 0 Å². The lowest BCUT2D eigenvalue weighted by Crippen LogP contribution is -2.19. The van der Waals surface area contributed by atoms with Gasteiger partial charge in [-0.2, -0.15) is 0 Å². The predicted octanol–water partition coefficient (Wildman–Crippen LogP) is 0.882. The zero-order valence-electron chi connectivity index (χ0n) is 9.98. The number of anilines is 1.